The molecule has 0 saturated heterocycles. The lowest BCUT2D eigenvalue weighted by atomic mass is 9.80. The maximum Gasteiger partial charge on any atom is 0.222 e. The van der Waals surface area contributed by atoms with Gasteiger partial charge in [-0.15, -0.1) is 0 Å². The van der Waals surface area contributed by atoms with Crippen LogP contribution in [0.3, 0.4) is 0 Å². The van der Waals surface area contributed by atoms with E-state index in [0.29, 0.717) is 6.42 Å². The number of nitrogens with one attached hydrogen (secondary N) is 1. The van der Waals surface area contributed by atoms with Crippen LogP contribution < -0.4 is 11.1 Å². The van der Waals surface area contributed by atoms with Gasteiger partial charge in [0.05, 0.1) is 6.04 Å². The second-order valence-corrected chi connectivity index (χ2v) is 6.75. The molecule has 1 atom stereocenters. The molecule has 1 aromatic carbocycles. The molecule has 116 valence electrons. The summed E-state index contributed by atoms with van der Waals surface area (Å²) in [6, 6.07) is 6.40. The number of nitrogens with two attached hydrogens (primary N) is 1. The second kappa shape index (κ2) is 6.61. The Morgan fingerprint density at radius 1 is 1.29 bits per heavy atom. The molecule has 0 bridgehead atoms. The lowest BCUT2D eigenvalue weighted by Crippen LogP contribution is -2.46. The summed E-state index contributed by atoms with van der Waals surface area (Å²) in [5.41, 5.74) is 9.71. The van der Waals surface area contributed by atoms with Crippen LogP contribution in [0.5, 0.6) is 0 Å². The first-order chi connectivity index (χ1) is 9.89. The Balaban J connectivity index is 1.97. The number of aryl methyl sites for hydroxylation is 2. The molecule has 1 saturated carbocycles. The van der Waals surface area contributed by atoms with Crippen molar-refractivity contribution in [2.45, 2.75) is 70.9 Å². The highest BCUT2D eigenvalue weighted by atomic mass is 16.1. The van der Waals surface area contributed by atoms with Crippen molar-refractivity contribution in [1.29, 1.82) is 0 Å². The Morgan fingerprint density at radius 2 is 1.95 bits per heavy atom. The van der Waals surface area contributed by atoms with Gasteiger partial charge in [-0.2, -0.15) is 0 Å². The molecule has 1 unspecified atom stereocenters. The molecular weight excluding hydrogens is 260 g/mol. The van der Waals surface area contributed by atoms with Crippen molar-refractivity contribution < 1.29 is 4.79 Å². The molecule has 1 aliphatic carbocycles. The molecule has 1 aromatic rings. The second-order valence-electron chi connectivity index (χ2n) is 6.75. The minimum Gasteiger partial charge on any atom is -0.350 e. The van der Waals surface area contributed by atoms with E-state index in [-0.39, 0.29) is 17.5 Å². The van der Waals surface area contributed by atoms with Crippen LogP contribution in [0.15, 0.2) is 18.2 Å². The average Bonchev–Trinajstić information content (AvgIpc) is 2.41. The van der Waals surface area contributed by atoms with Gasteiger partial charge >= 0.3 is 0 Å². The fourth-order valence-corrected chi connectivity index (χ4v) is 3.35. The highest BCUT2D eigenvalue weighted by molar-refractivity contribution is 5.77. The summed E-state index contributed by atoms with van der Waals surface area (Å²) in [5.74, 6) is 0.0767. The molecule has 3 nitrogen and oxygen atoms in total. The van der Waals surface area contributed by atoms with Gasteiger partial charge in [-0.05, 0) is 44.7 Å². The Labute approximate surface area is 128 Å². The molecule has 0 spiro atoms. The van der Waals surface area contributed by atoms with Crippen molar-refractivity contribution in [2.75, 3.05) is 0 Å². The van der Waals surface area contributed by atoms with Crippen molar-refractivity contribution in [3.8, 4) is 0 Å². The van der Waals surface area contributed by atoms with Gasteiger partial charge in [-0.1, -0.05) is 43.0 Å². The van der Waals surface area contributed by atoms with Gasteiger partial charge in [0, 0.05) is 12.0 Å². The van der Waals surface area contributed by atoms with E-state index in [1.54, 1.807) is 0 Å². The van der Waals surface area contributed by atoms with Crippen LogP contribution >= 0.6 is 0 Å². The van der Waals surface area contributed by atoms with Crippen LogP contribution in [0, 0.1) is 13.8 Å². The first-order valence-corrected chi connectivity index (χ1v) is 8.05. The molecule has 0 heterocycles. The summed E-state index contributed by atoms with van der Waals surface area (Å²) in [7, 11) is 0. The quantitative estimate of drug-likeness (QED) is 0.890. The van der Waals surface area contributed by atoms with Crippen LogP contribution in [0.25, 0.3) is 0 Å². The minimum absolute atomic E-state index is 0.0320. The number of amides is 1. The first kappa shape index (κ1) is 16.0. The van der Waals surface area contributed by atoms with Gasteiger partial charge in [0.25, 0.3) is 0 Å². The predicted octanol–water partition coefficient (Wildman–Crippen LogP) is 3.53. The Hall–Kier alpha value is -1.35. The number of hydrogen-bond donors (Lipinski definition) is 2. The third-order valence-corrected chi connectivity index (χ3v) is 4.64. The lowest BCUT2D eigenvalue weighted by Gasteiger charge is -2.33. The van der Waals surface area contributed by atoms with Crippen LogP contribution in [-0.2, 0) is 4.79 Å². The van der Waals surface area contributed by atoms with E-state index in [4.69, 9.17) is 5.73 Å². The zero-order chi connectivity index (χ0) is 15.5. The number of rotatable bonds is 4. The molecule has 1 amide bonds. The van der Waals surface area contributed by atoms with Crippen molar-refractivity contribution in [1.82, 2.24) is 5.32 Å². The maximum atomic E-state index is 12.3. The fraction of sp³-hybridized carbons (Fsp3) is 0.611. The summed E-state index contributed by atoms with van der Waals surface area (Å²) in [5, 5.41) is 3.12. The van der Waals surface area contributed by atoms with Crippen molar-refractivity contribution in [3.63, 3.8) is 0 Å². The lowest BCUT2D eigenvalue weighted by molar-refractivity contribution is -0.123. The predicted molar refractivity (Wildman–Crippen MR) is 87.1 cm³/mol. The zero-order valence-electron chi connectivity index (χ0n) is 13.5. The van der Waals surface area contributed by atoms with Gasteiger partial charge in [-0.25, -0.2) is 0 Å². The number of benzene rings is 1. The summed E-state index contributed by atoms with van der Waals surface area (Å²) in [6.07, 6.45) is 5.94. The van der Waals surface area contributed by atoms with Crippen molar-refractivity contribution >= 4 is 5.91 Å². The SMILES string of the molecule is Cc1ccc(C)c(C(C)NC(=O)CC2(N)CCCCC2)c1. The van der Waals surface area contributed by atoms with Crippen LogP contribution in [0.2, 0.25) is 0 Å². The van der Waals surface area contributed by atoms with Crippen molar-refractivity contribution in [3.05, 3.63) is 34.9 Å². The maximum absolute atomic E-state index is 12.3. The Bertz CT molecular complexity index is 504. The molecule has 0 aliphatic heterocycles. The van der Waals surface area contributed by atoms with E-state index < -0.39 is 0 Å². The normalized spacial score (nSPS) is 19.0. The molecule has 1 fully saturated rings. The standard InChI is InChI=1S/C18H28N2O/c1-13-7-8-14(2)16(11-13)15(3)20-17(21)12-18(19)9-5-4-6-10-18/h7-8,11,15H,4-6,9-10,12,19H2,1-3H3,(H,20,21). The van der Waals surface area contributed by atoms with Gasteiger partial charge in [0.15, 0.2) is 0 Å². The van der Waals surface area contributed by atoms with E-state index in [1.807, 2.05) is 6.92 Å². The average molecular weight is 288 g/mol. The van der Waals surface area contributed by atoms with Crippen molar-refractivity contribution in [2.24, 2.45) is 5.73 Å². The van der Waals surface area contributed by atoms with Gasteiger partial charge in [-0.3, -0.25) is 4.79 Å². The highest BCUT2D eigenvalue weighted by Crippen LogP contribution is 2.29. The number of hydrogen-bond acceptors (Lipinski definition) is 2. The van der Waals surface area contributed by atoms with E-state index >= 15 is 0 Å². The van der Waals surface area contributed by atoms with Gasteiger partial charge in [0.1, 0.15) is 0 Å². The van der Waals surface area contributed by atoms with Crippen LogP contribution in [0.1, 0.15) is 68.2 Å². The largest absolute Gasteiger partial charge is 0.350 e. The summed E-state index contributed by atoms with van der Waals surface area (Å²) in [4.78, 5) is 12.3. The third-order valence-electron chi connectivity index (χ3n) is 4.64. The smallest absolute Gasteiger partial charge is 0.222 e. The fourth-order valence-electron chi connectivity index (χ4n) is 3.35. The summed E-state index contributed by atoms with van der Waals surface area (Å²) >= 11 is 0. The number of carbonyl (C=O) groups is 1. The first-order valence-electron chi connectivity index (χ1n) is 8.05. The highest BCUT2D eigenvalue weighted by Gasteiger charge is 2.30. The molecule has 3 N–H and O–H groups in total. The summed E-state index contributed by atoms with van der Waals surface area (Å²) < 4.78 is 0. The third kappa shape index (κ3) is 4.31. The molecule has 21 heavy (non-hydrogen) atoms. The molecule has 0 radical (unpaired) electrons. The Morgan fingerprint density at radius 3 is 2.62 bits per heavy atom. The monoisotopic (exact) mass is 288 g/mol. The van der Waals surface area contributed by atoms with E-state index in [1.165, 1.54) is 23.1 Å². The van der Waals surface area contributed by atoms with Gasteiger partial charge < -0.3 is 11.1 Å². The van der Waals surface area contributed by atoms with E-state index in [9.17, 15) is 4.79 Å². The number of carbonyl (C=O) groups excluding carboxylic acids is 1. The van der Waals surface area contributed by atoms with E-state index in [2.05, 4.69) is 37.4 Å². The molecule has 2 rings (SSSR count). The Kier molecular flexibility index (Phi) is 5.04. The summed E-state index contributed by atoms with van der Waals surface area (Å²) in [6.45, 7) is 6.21. The van der Waals surface area contributed by atoms with Crippen LogP contribution in [-0.4, -0.2) is 11.4 Å². The topological polar surface area (TPSA) is 55.1 Å². The molecule has 1 aliphatic rings. The van der Waals surface area contributed by atoms with Gasteiger partial charge in [0.2, 0.25) is 5.91 Å². The minimum atomic E-state index is -0.288. The zero-order valence-corrected chi connectivity index (χ0v) is 13.5. The molecular formula is C18H28N2O. The molecule has 3 heteroatoms. The van der Waals surface area contributed by atoms with Crippen LogP contribution in [0.4, 0.5) is 0 Å². The molecule has 0 aromatic heterocycles. The van der Waals surface area contributed by atoms with E-state index in [0.717, 1.165) is 25.7 Å².